The first-order valence-corrected chi connectivity index (χ1v) is 13.1. The van der Waals surface area contributed by atoms with Crippen LogP contribution in [-0.4, -0.2) is 4.57 Å². The second-order valence-corrected chi connectivity index (χ2v) is 9.92. The van der Waals surface area contributed by atoms with Crippen molar-refractivity contribution in [3.63, 3.8) is 0 Å². The van der Waals surface area contributed by atoms with Gasteiger partial charge in [0.15, 0.2) is 0 Å². The molecule has 0 saturated carbocycles. The standard InChI is InChI=1S/C37H27N/c1-26-11-9-14-28(23-26)29-21-22-35-34-19-7-8-20-36(34)38(37(35)25-29)31-16-10-15-30(24-31)33-18-6-5-17-32(33)27-12-3-2-4-13-27/h2-25H,1H3. The van der Waals surface area contributed by atoms with Crippen molar-refractivity contribution in [2.45, 2.75) is 6.92 Å². The third kappa shape index (κ3) is 3.81. The lowest BCUT2D eigenvalue weighted by Gasteiger charge is -2.14. The molecule has 6 aromatic carbocycles. The predicted octanol–water partition coefficient (Wildman–Crippen LogP) is 10.1. The van der Waals surface area contributed by atoms with E-state index in [2.05, 4.69) is 157 Å². The van der Waals surface area contributed by atoms with Crippen molar-refractivity contribution in [2.24, 2.45) is 0 Å². The molecule has 0 aliphatic carbocycles. The van der Waals surface area contributed by atoms with Crippen LogP contribution in [0.5, 0.6) is 0 Å². The summed E-state index contributed by atoms with van der Waals surface area (Å²) in [5, 5.41) is 2.54. The molecule has 0 fully saturated rings. The number of fused-ring (bicyclic) bond motifs is 3. The molecule has 0 atom stereocenters. The lowest BCUT2D eigenvalue weighted by molar-refractivity contribution is 1.18. The maximum Gasteiger partial charge on any atom is 0.0547 e. The summed E-state index contributed by atoms with van der Waals surface area (Å²) in [5.41, 5.74) is 12.3. The van der Waals surface area contributed by atoms with Gasteiger partial charge in [-0.1, -0.05) is 127 Å². The Morgan fingerprint density at radius 3 is 1.87 bits per heavy atom. The molecule has 1 aromatic heterocycles. The topological polar surface area (TPSA) is 4.93 Å². The van der Waals surface area contributed by atoms with Gasteiger partial charge >= 0.3 is 0 Å². The van der Waals surface area contributed by atoms with Gasteiger partial charge < -0.3 is 4.57 Å². The molecule has 0 aliphatic rings. The van der Waals surface area contributed by atoms with Gasteiger partial charge in [-0.15, -0.1) is 0 Å². The van der Waals surface area contributed by atoms with Crippen LogP contribution in [0.15, 0.2) is 146 Å². The maximum atomic E-state index is 2.42. The van der Waals surface area contributed by atoms with E-state index in [4.69, 9.17) is 0 Å². The summed E-state index contributed by atoms with van der Waals surface area (Å²) in [6.45, 7) is 2.15. The van der Waals surface area contributed by atoms with Crippen LogP contribution >= 0.6 is 0 Å². The molecule has 38 heavy (non-hydrogen) atoms. The van der Waals surface area contributed by atoms with Crippen LogP contribution in [0.1, 0.15) is 5.56 Å². The van der Waals surface area contributed by atoms with Crippen LogP contribution in [0.3, 0.4) is 0 Å². The molecule has 0 N–H and O–H groups in total. The number of aryl methyl sites for hydroxylation is 1. The van der Waals surface area contributed by atoms with Crippen molar-refractivity contribution in [1.29, 1.82) is 0 Å². The van der Waals surface area contributed by atoms with E-state index in [9.17, 15) is 0 Å². The van der Waals surface area contributed by atoms with Gasteiger partial charge in [-0.3, -0.25) is 0 Å². The molecule has 0 saturated heterocycles. The van der Waals surface area contributed by atoms with Gasteiger partial charge in [0.25, 0.3) is 0 Å². The Kier molecular flexibility index (Phi) is 5.41. The van der Waals surface area contributed by atoms with E-state index < -0.39 is 0 Å². The Morgan fingerprint density at radius 1 is 0.395 bits per heavy atom. The molecule has 1 heteroatoms. The van der Waals surface area contributed by atoms with Crippen LogP contribution in [0.4, 0.5) is 0 Å². The van der Waals surface area contributed by atoms with Crippen LogP contribution in [-0.2, 0) is 0 Å². The first kappa shape index (κ1) is 22.3. The summed E-state index contributed by atoms with van der Waals surface area (Å²) in [4.78, 5) is 0. The summed E-state index contributed by atoms with van der Waals surface area (Å²) >= 11 is 0. The van der Waals surface area contributed by atoms with Crippen molar-refractivity contribution >= 4 is 21.8 Å². The maximum absolute atomic E-state index is 2.42. The highest BCUT2D eigenvalue weighted by molar-refractivity contribution is 6.10. The monoisotopic (exact) mass is 485 g/mol. The zero-order valence-electron chi connectivity index (χ0n) is 21.3. The lowest BCUT2D eigenvalue weighted by Crippen LogP contribution is -1.95. The van der Waals surface area contributed by atoms with Crippen molar-refractivity contribution in [2.75, 3.05) is 0 Å². The first-order chi connectivity index (χ1) is 18.8. The fraction of sp³-hybridized carbons (Fsp3) is 0.0270. The second-order valence-electron chi connectivity index (χ2n) is 9.92. The average molecular weight is 486 g/mol. The summed E-state index contributed by atoms with van der Waals surface area (Å²) in [6, 6.07) is 52.6. The highest BCUT2D eigenvalue weighted by atomic mass is 15.0. The molecule has 0 radical (unpaired) electrons. The van der Waals surface area contributed by atoms with Crippen LogP contribution in [0.2, 0.25) is 0 Å². The van der Waals surface area contributed by atoms with Gasteiger partial charge in [-0.2, -0.15) is 0 Å². The zero-order valence-corrected chi connectivity index (χ0v) is 21.3. The van der Waals surface area contributed by atoms with Crippen molar-refractivity contribution in [3.05, 3.63) is 151 Å². The molecular weight excluding hydrogens is 458 g/mol. The highest BCUT2D eigenvalue weighted by Gasteiger charge is 2.14. The Balaban J connectivity index is 1.45. The molecule has 0 unspecified atom stereocenters. The van der Waals surface area contributed by atoms with E-state index in [1.54, 1.807) is 0 Å². The van der Waals surface area contributed by atoms with Crippen LogP contribution in [0.25, 0.3) is 60.9 Å². The molecule has 0 bridgehead atoms. The third-order valence-electron chi connectivity index (χ3n) is 7.45. The Morgan fingerprint density at radius 2 is 1.03 bits per heavy atom. The molecule has 1 nitrogen and oxygen atoms in total. The van der Waals surface area contributed by atoms with Crippen molar-refractivity contribution in [3.8, 4) is 39.1 Å². The normalized spacial score (nSPS) is 11.3. The quantitative estimate of drug-likeness (QED) is 0.234. The van der Waals surface area contributed by atoms with E-state index in [0.29, 0.717) is 0 Å². The second kappa shape index (κ2) is 9.21. The lowest BCUT2D eigenvalue weighted by atomic mass is 9.94. The Labute approximate surface area is 223 Å². The van der Waals surface area contributed by atoms with Gasteiger partial charge in [0.05, 0.1) is 11.0 Å². The average Bonchev–Trinajstić information content (AvgIpc) is 3.31. The summed E-state index contributed by atoms with van der Waals surface area (Å²) < 4.78 is 2.42. The minimum absolute atomic E-state index is 1.16. The molecule has 180 valence electrons. The molecular formula is C37H27N. The Bertz CT molecular complexity index is 1920. The smallest absolute Gasteiger partial charge is 0.0547 e. The van der Waals surface area contributed by atoms with Gasteiger partial charge in [0.2, 0.25) is 0 Å². The van der Waals surface area contributed by atoms with Crippen LogP contribution < -0.4 is 0 Å². The van der Waals surface area contributed by atoms with Crippen molar-refractivity contribution in [1.82, 2.24) is 4.57 Å². The molecule has 0 amide bonds. The summed E-state index contributed by atoms with van der Waals surface area (Å²) in [5.74, 6) is 0. The number of hydrogen-bond acceptors (Lipinski definition) is 0. The van der Waals surface area contributed by atoms with Gasteiger partial charge in [-0.05, 0) is 64.6 Å². The number of para-hydroxylation sites is 1. The number of aromatic nitrogens is 1. The van der Waals surface area contributed by atoms with Crippen molar-refractivity contribution < 1.29 is 0 Å². The number of hydrogen-bond donors (Lipinski definition) is 0. The largest absolute Gasteiger partial charge is 0.309 e. The van der Waals surface area contributed by atoms with E-state index >= 15 is 0 Å². The minimum Gasteiger partial charge on any atom is -0.309 e. The summed E-state index contributed by atoms with van der Waals surface area (Å²) in [7, 11) is 0. The van der Waals surface area contributed by atoms with Gasteiger partial charge in [0.1, 0.15) is 0 Å². The molecule has 7 rings (SSSR count). The highest BCUT2D eigenvalue weighted by Crippen LogP contribution is 2.37. The molecule has 0 spiro atoms. The summed E-state index contributed by atoms with van der Waals surface area (Å²) in [6.07, 6.45) is 0. The van der Waals surface area contributed by atoms with E-state index in [1.165, 1.54) is 60.8 Å². The number of rotatable bonds is 4. The van der Waals surface area contributed by atoms with E-state index in [-0.39, 0.29) is 0 Å². The fourth-order valence-electron chi connectivity index (χ4n) is 5.67. The van der Waals surface area contributed by atoms with E-state index in [1.807, 2.05) is 0 Å². The molecule has 7 aromatic rings. The Hall–Kier alpha value is -4.88. The fourth-order valence-corrected chi connectivity index (χ4v) is 5.67. The van der Waals surface area contributed by atoms with Gasteiger partial charge in [0, 0.05) is 16.5 Å². The zero-order chi connectivity index (χ0) is 25.5. The first-order valence-electron chi connectivity index (χ1n) is 13.1. The van der Waals surface area contributed by atoms with E-state index in [0.717, 1.165) is 5.69 Å². The molecule has 1 heterocycles. The number of nitrogens with zero attached hydrogens (tertiary/aromatic N) is 1. The SMILES string of the molecule is Cc1cccc(-c2ccc3c4ccccc4n(-c4cccc(-c5ccccc5-c5ccccc5)c4)c3c2)c1. The number of benzene rings is 6. The predicted molar refractivity (Wildman–Crippen MR) is 162 cm³/mol. The molecule has 0 aliphatic heterocycles. The van der Waals surface area contributed by atoms with Crippen LogP contribution in [0, 0.1) is 6.92 Å². The van der Waals surface area contributed by atoms with Gasteiger partial charge in [-0.25, -0.2) is 0 Å². The minimum atomic E-state index is 1.16. The third-order valence-corrected chi connectivity index (χ3v) is 7.45.